The van der Waals surface area contributed by atoms with Gasteiger partial charge in [0.15, 0.2) is 0 Å². The van der Waals surface area contributed by atoms with Crippen molar-refractivity contribution in [1.29, 1.82) is 0 Å². The molecule has 0 saturated carbocycles. The molecule has 0 spiro atoms. The zero-order valence-corrected chi connectivity index (χ0v) is 15.9. The Labute approximate surface area is 158 Å². The minimum absolute atomic E-state index is 0.258. The van der Waals surface area contributed by atoms with Crippen molar-refractivity contribution in [3.05, 3.63) is 73.1 Å². The Morgan fingerprint density at radius 2 is 1.74 bits per heavy atom. The van der Waals surface area contributed by atoms with Crippen LogP contribution in [0, 0.1) is 0 Å². The van der Waals surface area contributed by atoms with Gasteiger partial charge in [0.25, 0.3) is 0 Å². The highest BCUT2D eigenvalue weighted by Crippen LogP contribution is 2.35. The van der Waals surface area contributed by atoms with Gasteiger partial charge in [-0.3, -0.25) is 4.98 Å². The molecule has 4 aromatic rings. The summed E-state index contributed by atoms with van der Waals surface area (Å²) in [5.41, 5.74) is 4.55. The summed E-state index contributed by atoms with van der Waals surface area (Å²) in [6.07, 6.45) is 3.50. The van der Waals surface area contributed by atoms with Crippen molar-refractivity contribution in [3.63, 3.8) is 0 Å². The fourth-order valence-electron chi connectivity index (χ4n) is 3.11. The van der Waals surface area contributed by atoms with Gasteiger partial charge in [0.1, 0.15) is 0 Å². The molecule has 2 heterocycles. The van der Waals surface area contributed by atoms with Gasteiger partial charge in [-0.25, -0.2) is 12.7 Å². The predicted octanol–water partition coefficient (Wildman–Crippen LogP) is 4.15. The van der Waals surface area contributed by atoms with Gasteiger partial charge in [-0.05, 0) is 35.9 Å². The van der Waals surface area contributed by atoms with E-state index < -0.39 is 10.0 Å². The van der Waals surface area contributed by atoms with Crippen LogP contribution < -0.4 is 0 Å². The number of aromatic amines is 1. The van der Waals surface area contributed by atoms with E-state index in [-0.39, 0.29) is 4.90 Å². The molecule has 2 aromatic carbocycles. The molecule has 6 heteroatoms. The molecule has 0 aliphatic carbocycles. The molecule has 136 valence electrons. The largest absolute Gasteiger partial charge is 0.355 e. The number of sulfonamides is 1. The summed E-state index contributed by atoms with van der Waals surface area (Å²) in [7, 11) is -0.463. The second kappa shape index (κ2) is 6.64. The number of hydrogen-bond donors (Lipinski definition) is 1. The summed E-state index contributed by atoms with van der Waals surface area (Å²) >= 11 is 0. The van der Waals surface area contributed by atoms with Crippen LogP contribution in [0.5, 0.6) is 0 Å². The molecule has 2 aromatic heterocycles. The fraction of sp³-hybridized carbons (Fsp3) is 0.0952. The summed E-state index contributed by atoms with van der Waals surface area (Å²) in [6.45, 7) is 0. The van der Waals surface area contributed by atoms with Crippen LogP contribution >= 0.6 is 0 Å². The Morgan fingerprint density at radius 1 is 0.926 bits per heavy atom. The van der Waals surface area contributed by atoms with E-state index in [2.05, 4.69) is 9.97 Å². The summed E-state index contributed by atoms with van der Waals surface area (Å²) in [6, 6.07) is 19.1. The van der Waals surface area contributed by atoms with E-state index in [0.717, 1.165) is 33.3 Å². The van der Waals surface area contributed by atoms with Crippen LogP contribution in [0.2, 0.25) is 0 Å². The molecule has 0 aliphatic heterocycles. The maximum atomic E-state index is 12.6. The van der Waals surface area contributed by atoms with Gasteiger partial charge in [0.05, 0.1) is 4.90 Å². The predicted molar refractivity (Wildman–Crippen MR) is 108 cm³/mol. The average Bonchev–Trinajstić information content (AvgIpc) is 3.12. The van der Waals surface area contributed by atoms with Crippen LogP contribution in [-0.2, 0) is 10.0 Å². The molecule has 0 fully saturated rings. The zero-order chi connectivity index (χ0) is 19.0. The molecule has 0 atom stereocenters. The van der Waals surface area contributed by atoms with Gasteiger partial charge in [-0.1, -0.05) is 30.3 Å². The van der Waals surface area contributed by atoms with Crippen LogP contribution in [-0.4, -0.2) is 36.8 Å². The molecular formula is C21H19N3O2S. The fourth-order valence-corrected chi connectivity index (χ4v) is 4.04. The van der Waals surface area contributed by atoms with Gasteiger partial charge in [-0.2, -0.15) is 0 Å². The Balaban J connectivity index is 1.98. The molecule has 0 aliphatic rings. The zero-order valence-electron chi connectivity index (χ0n) is 15.0. The Kier molecular flexibility index (Phi) is 4.30. The van der Waals surface area contributed by atoms with E-state index in [4.69, 9.17) is 0 Å². The lowest BCUT2D eigenvalue weighted by molar-refractivity contribution is 0.521. The number of nitrogens with one attached hydrogen (secondary N) is 1. The minimum atomic E-state index is -3.53. The second-order valence-electron chi connectivity index (χ2n) is 6.51. The van der Waals surface area contributed by atoms with Crippen LogP contribution in [0.3, 0.4) is 0 Å². The van der Waals surface area contributed by atoms with E-state index >= 15 is 0 Å². The van der Waals surface area contributed by atoms with Crippen molar-refractivity contribution in [2.24, 2.45) is 0 Å². The molecular weight excluding hydrogens is 358 g/mol. The van der Waals surface area contributed by atoms with Gasteiger partial charge in [-0.15, -0.1) is 0 Å². The third kappa shape index (κ3) is 3.13. The van der Waals surface area contributed by atoms with Crippen molar-refractivity contribution < 1.29 is 8.42 Å². The summed E-state index contributed by atoms with van der Waals surface area (Å²) < 4.78 is 26.5. The number of pyridine rings is 1. The third-order valence-corrected chi connectivity index (χ3v) is 6.37. The Morgan fingerprint density at radius 3 is 2.44 bits per heavy atom. The number of aromatic nitrogens is 2. The topological polar surface area (TPSA) is 66.1 Å². The maximum absolute atomic E-state index is 12.6. The molecule has 27 heavy (non-hydrogen) atoms. The smallest absolute Gasteiger partial charge is 0.242 e. The van der Waals surface area contributed by atoms with E-state index in [1.54, 1.807) is 24.5 Å². The highest BCUT2D eigenvalue weighted by molar-refractivity contribution is 7.89. The standard InChI is InChI=1S/C21H19N3O2S/c1-24(2)27(25,26)17-9-10-18(16-7-5-11-22-14-16)19(13-17)21-12-15-6-3-4-8-20(15)23-21/h3-14,23H,1-2H3. The third-order valence-electron chi connectivity index (χ3n) is 4.56. The lowest BCUT2D eigenvalue weighted by Gasteiger charge is -2.15. The van der Waals surface area contributed by atoms with Crippen molar-refractivity contribution in [1.82, 2.24) is 14.3 Å². The first-order valence-electron chi connectivity index (χ1n) is 8.52. The monoisotopic (exact) mass is 377 g/mol. The van der Waals surface area contributed by atoms with Crippen LogP contribution in [0.4, 0.5) is 0 Å². The Bertz CT molecular complexity index is 1180. The number of para-hydroxylation sites is 1. The number of rotatable bonds is 4. The number of hydrogen-bond acceptors (Lipinski definition) is 3. The first kappa shape index (κ1) is 17.5. The molecule has 1 N–H and O–H groups in total. The van der Waals surface area contributed by atoms with E-state index in [0.29, 0.717) is 0 Å². The first-order chi connectivity index (χ1) is 13.0. The van der Waals surface area contributed by atoms with Crippen molar-refractivity contribution in [3.8, 4) is 22.4 Å². The van der Waals surface area contributed by atoms with Crippen molar-refractivity contribution in [2.45, 2.75) is 4.90 Å². The highest BCUT2D eigenvalue weighted by atomic mass is 32.2. The maximum Gasteiger partial charge on any atom is 0.242 e. The number of H-pyrrole nitrogens is 1. The quantitative estimate of drug-likeness (QED) is 0.581. The van der Waals surface area contributed by atoms with Crippen molar-refractivity contribution >= 4 is 20.9 Å². The van der Waals surface area contributed by atoms with E-state index in [1.807, 2.05) is 48.5 Å². The second-order valence-corrected chi connectivity index (χ2v) is 8.66. The SMILES string of the molecule is CN(C)S(=O)(=O)c1ccc(-c2cccnc2)c(-c2cc3ccccc3[nH]2)c1. The van der Waals surface area contributed by atoms with E-state index in [9.17, 15) is 8.42 Å². The average molecular weight is 377 g/mol. The number of fused-ring (bicyclic) bond motifs is 1. The van der Waals surface area contributed by atoms with Gasteiger partial charge in [0.2, 0.25) is 10.0 Å². The molecule has 4 rings (SSSR count). The molecule has 0 bridgehead atoms. The molecule has 0 radical (unpaired) electrons. The number of benzene rings is 2. The van der Waals surface area contributed by atoms with Gasteiger partial charge in [0, 0.05) is 54.2 Å². The first-order valence-corrected chi connectivity index (χ1v) is 9.96. The highest BCUT2D eigenvalue weighted by Gasteiger charge is 2.20. The van der Waals surface area contributed by atoms with E-state index in [1.165, 1.54) is 18.4 Å². The normalized spacial score (nSPS) is 12.0. The molecule has 0 unspecified atom stereocenters. The molecule has 5 nitrogen and oxygen atoms in total. The summed E-state index contributed by atoms with van der Waals surface area (Å²) in [5, 5.41) is 1.07. The minimum Gasteiger partial charge on any atom is -0.355 e. The lowest BCUT2D eigenvalue weighted by atomic mass is 9.99. The summed E-state index contributed by atoms with van der Waals surface area (Å²) in [5.74, 6) is 0. The van der Waals surface area contributed by atoms with Crippen LogP contribution in [0.25, 0.3) is 33.3 Å². The van der Waals surface area contributed by atoms with Crippen LogP contribution in [0.1, 0.15) is 0 Å². The van der Waals surface area contributed by atoms with Gasteiger partial charge >= 0.3 is 0 Å². The lowest BCUT2D eigenvalue weighted by Crippen LogP contribution is -2.22. The van der Waals surface area contributed by atoms with Crippen LogP contribution in [0.15, 0.2) is 78.0 Å². The van der Waals surface area contributed by atoms with Gasteiger partial charge < -0.3 is 4.98 Å². The molecule has 0 amide bonds. The molecule has 0 saturated heterocycles. The number of nitrogens with zero attached hydrogens (tertiary/aromatic N) is 2. The summed E-state index contributed by atoms with van der Waals surface area (Å²) in [4.78, 5) is 7.86. The Hall–Kier alpha value is -2.96. The van der Waals surface area contributed by atoms with Crippen molar-refractivity contribution in [2.75, 3.05) is 14.1 Å².